The molecular weight excluding hydrogens is 377 g/mol. The molecule has 142 valence electrons. The molecule has 1 aromatic carbocycles. The second-order valence-electron chi connectivity index (χ2n) is 6.59. The molecular formula is C17H23Cl2N5O2. The van der Waals surface area contributed by atoms with E-state index in [2.05, 4.69) is 15.7 Å². The zero-order valence-electron chi connectivity index (χ0n) is 14.9. The molecule has 2 aromatic rings. The van der Waals surface area contributed by atoms with Gasteiger partial charge in [0, 0.05) is 16.5 Å². The standard InChI is InChI=1S/C17H22ClN5O2.ClH/c1-17(2,3)13-8-14(21-16(25)10-20-15(24)9-19)23(22-13)12-6-4-5-11(18)7-12;/h4-8H,9-10,19H2,1-3H3,(H,20,24)(H,21,25);1H. The number of anilines is 1. The maximum absolute atomic E-state index is 12.1. The average molecular weight is 400 g/mol. The maximum atomic E-state index is 12.1. The predicted octanol–water partition coefficient (Wildman–Crippen LogP) is 2.26. The number of hydrogen-bond acceptors (Lipinski definition) is 4. The molecule has 0 atom stereocenters. The zero-order chi connectivity index (χ0) is 18.6. The molecule has 0 fully saturated rings. The van der Waals surface area contributed by atoms with Crippen molar-refractivity contribution in [2.45, 2.75) is 26.2 Å². The molecule has 1 aromatic heterocycles. The molecule has 2 rings (SSSR count). The Morgan fingerprint density at radius 1 is 1.23 bits per heavy atom. The van der Waals surface area contributed by atoms with Crippen LogP contribution in [0, 0.1) is 0 Å². The fraction of sp³-hybridized carbons (Fsp3) is 0.353. The maximum Gasteiger partial charge on any atom is 0.244 e. The molecule has 9 heteroatoms. The van der Waals surface area contributed by atoms with Crippen LogP contribution in [0.3, 0.4) is 0 Å². The Kier molecular flexibility index (Phi) is 7.62. The molecule has 0 aliphatic rings. The molecule has 26 heavy (non-hydrogen) atoms. The number of halogens is 2. The fourth-order valence-corrected chi connectivity index (χ4v) is 2.26. The number of nitrogens with two attached hydrogens (primary N) is 1. The van der Waals surface area contributed by atoms with Gasteiger partial charge in [-0.05, 0) is 18.2 Å². The van der Waals surface area contributed by atoms with Gasteiger partial charge in [-0.25, -0.2) is 4.68 Å². The van der Waals surface area contributed by atoms with E-state index in [0.717, 1.165) is 11.4 Å². The van der Waals surface area contributed by atoms with Gasteiger partial charge < -0.3 is 16.4 Å². The number of nitrogens with zero attached hydrogens (tertiary/aromatic N) is 2. The van der Waals surface area contributed by atoms with Crippen molar-refractivity contribution in [3.8, 4) is 5.69 Å². The van der Waals surface area contributed by atoms with Gasteiger partial charge >= 0.3 is 0 Å². The van der Waals surface area contributed by atoms with Crippen molar-refractivity contribution in [2.75, 3.05) is 18.4 Å². The van der Waals surface area contributed by atoms with Gasteiger partial charge in [0.25, 0.3) is 0 Å². The number of carbonyl (C=O) groups is 2. The summed E-state index contributed by atoms with van der Waals surface area (Å²) in [7, 11) is 0. The summed E-state index contributed by atoms with van der Waals surface area (Å²) in [5.74, 6) is -0.265. The van der Waals surface area contributed by atoms with E-state index in [-0.39, 0.29) is 36.8 Å². The van der Waals surface area contributed by atoms with Gasteiger partial charge in [0.1, 0.15) is 5.82 Å². The number of aromatic nitrogens is 2. The van der Waals surface area contributed by atoms with Gasteiger partial charge in [-0.1, -0.05) is 38.4 Å². The topological polar surface area (TPSA) is 102 Å². The van der Waals surface area contributed by atoms with E-state index in [4.69, 9.17) is 17.3 Å². The summed E-state index contributed by atoms with van der Waals surface area (Å²) in [6.07, 6.45) is 0. The van der Waals surface area contributed by atoms with Gasteiger partial charge in [0.15, 0.2) is 0 Å². The number of nitrogens with one attached hydrogen (secondary N) is 2. The van der Waals surface area contributed by atoms with E-state index < -0.39 is 5.91 Å². The van der Waals surface area contributed by atoms with Crippen LogP contribution in [0.4, 0.5) is 5.82 Å². The van der Waals surface area contributed by atoms with Gasteiger partial charge in [-0.3, -0.25) is 9.59 Å². The van der Waals surface area contributed by atoms with Crippen LogP contribution in [0.1, 0.15) is 26.5 Å². The van der Waals surface area contributed by atoms with Crippen LogP contribution in [-0.2, 0) is 15.0 Å². The minimum atomic E-state index is -0.395. The highest BCUT2D eigenvalue weighted by molar-refractivity contribution is 6.30. The van der Waals surface area contributed by atoms with E-state index in [1.54, 1.807) is 16.8 Å². The quantitative estimate of drug-likeness (QED) is 0.717. The molecule has 2 amide bonds. The normalized spacial score (nSPS) is 10.8. The van der Waals surface area contributed by atoms with E-state index in [9.17, 15) is 9.59 Å². The third-order valence-corrected chi connectivity index (χ3v) is 3.66. The smallest absolute Gasteiger partial charge is 0.244 e. The van der Waals surface area contributed by atoms with Crippen molar-refractivity contribution in [2.24, 2.45) is 5.73 Å². The number of hydrogen-bond donors (Lipinski definition) is 3. The SMILES string of the molecule is CC(C)(C)c1cc(NC(=O)CNC(=O)CN)n(-c2cccc(Cl)c2)n1.Cl. The average Bonchev–Trinajstić information content (AvgIpc) is 2.96. The van der Waals surface area contributed by atoms with Gasteiger partial charge in [0.2, 0.25) is 11.8 Å². The zero-order valence-corrected chi connectivity index (χ0v) is 16.4. The summed E-state index contributed by atoms with van der Waals surface area (Å²) in [6, 6.07) is 8.98. The van der Waals surface area contributed by atoms with Crippen molar-refractivity contribution in [3.05, 3.63) is 41.0 Å². The van der Waals surface area contributed by atoms with E-state index in [1.807, 2.05) is 39.0 Å². The van der Waals surface area contributed by atoms with E-state index in [1.165, 1.54) is 0 Å². The highest BCUT2D eigenvalue weighted by Crippen LogP contribution is 2.27. The van der Waals surface area contributed by atoms with E-state index in [0.29, 0.717) is 10.8 Å². The monoisotopic (exact) mass is 399 g/mol. The van der Waals surface area contributed by atoms with Crippen LogP contribution in [0.25, 0.3) is 5.69 Å². The van der Waals surface area contributed by atoms with Gasteiger partial charge in [-0.15, -0.1) is 12.4 Å². The molecule has 7 nitrogen and oxygen atoms in total. The molecule has 0 bridgehead atoms. The Hall–Kier alpha value is -2.09. The van der Waals surface area contributed by atoms with Gasteiger partial charge in [0.05, 0.1) is 24.5 Å². The van der Waals surface area contributed by atoms with Crippen LogP contribution in [0.2, 0.25) is 5.02 Å². The Morgan fingerprint density at radius 3 is 2.50 bits per heavy atom. The van der Waals surface area contributed by atoms with Crippen LogP contribution in [0.5, 0.6) is 0 Å². The first kappa shape index (κ1) is 22.0. The third-order valence-electron chi connectivity index (χ3n) is 3.43. The Morgan fingerprint density at radius 2 is 1.92 bits per heavy atom. The summed E-state index contributed by atoms with van der Waals surface area (Å²) in [5, 5.41) is 10.4. The van der Waals surface area contributed by atoms with Crippen LogP contribution >= 0.6 is 24.0 Å². The molecule has 0 saturated carbocycles. The lowest BCUT2D eigenvalue weighted by atomic mass is 9.92. The summed E-state index contributed by atoms with van der Waals surface area (Å²) >= 11 is 6.06. The second-order valence-corrected chi connectivity index (χ2v) is 7.02. The Bertz CT molecular complexity index is 784. The first-order chi connectivity index (χ1) is 11.7. The number of carbonyl (C=O) groups excluding carboxylic acids is 2. The lowest BCUT2D eigenvalue weighted by Crippen LogP contribution is -2.36. The van der Waals surface area contributed by atoms with Crippen molar-refractivity contribution >= 4 is 41.6 Å². The van der Waals surface area contributed by atoms with Gasteiger partial charge in [-0.2, -0.15) is 5.10 Å². The van der Waals surface area contributed by atoms with Crippen molar-refractivity contribution in [3.63, 3.8) is 0 Å². The Balaban J connectivity index is 0.00000338. The molecule has 0 unspecified atom stereocenters. The summed E-state index contributed by atoms with van der Waals surface area (Å²) in [4.78, 5) is 23.3. The van der Waals surface area contributed by atoms with E-state index >= 15 is 0 Å². The minimum absolute atomic E-state index is 0. The van der Waals surface area contributed by atoms with Crippen LogP contribution < -0.4 is 16.4 Å². The fourth-order valence-electron chi connectivity index (χ4n) is 2.08. The molecule has 0 aliphatic heterocycles. The molecule has 0 saturated heterocycles. The molecule has 0 aliphatic carbocycles. The minimum Gasteiger partial charge on any atom is -0.346 e. The first-order valence-electron chi connectivity index (χ1n) is 7.84. The Labute approximate surface area is 163 Å². The van der Waals surface area contributed by atoms with Crippen molar-refractivity contribution < 1.29 is 9.59 Å². The molecule has 1 heterocycles. The summed E-state index contributed by atoms with van der Waals surface area (Å²) in [6.45, 7) is 5.77. The number of rotatable bonds is 5. The second kappa shape index (κ2) is 9.02. The predicted molar refractivity (Wildman–Crippen MR) is 105 cm³/mol. The highest BCUT2D eigenvalue weighted by Gasteiger charge is 2.21. The van der Waals surface area contributed by atoms with Crippen LogP contribution in [-0.4, -0.2) is 34.7 Å². The largest absolute Gasteiger partial charge is 0.346 e. The first-order valence-corrected chi connectivity index (χ1v) is 8.21. The van der Waals surface area contributed by atoms with Crippen LogP contribution in [0.15, 0.2) is 30.3 Å². The molecule has 4 N–H and O–H groups in total. The summed E-state index contributed by atoms with van der Waals surface area (Å²) in [5.41, 5.74) is 6.55. The molecule has 0 radical (unpaired) electrons. The third kappa shape index (κ3) is 5.72. The van der Waals surface area contributed by atoms with Crippen molar-refractivity contribution in [1.82, 2.24) is 15.1 Å². The number of amides is 2. The number of benzene rings is 1. The molecule has 0 spiro atoms. The lowest BCUT2D eigenvalue weighted by molar-refractivity contribution is -0.123. The summed E-state index contributed by atoms with van der Waals surface area (Å²) < 4.78 is 1.62. The lowest BCUT2D eigenvalue weighted by Gasteiger charge is -2.14. The highest BCUT2D eigenvalue weighted by atomic mass is 35.5. The van der Waals surface area contributed by atoms with Crippen molar-refractivity contribution in [1.29, 1.82) is 0 Å².